The molecule has 1 amide bonds. The molecule has 0 spiro atoms. The Labute approximate surface area is 242 Å². The summed E-state index contributed by atoms with van der Waals surface area (Å²) in [5.74, 6) is 0.135. The second kappa shape index (κ2) is 12.9. The van der Waals surface area contributed by atoms with Crippen molar-refractivity contribution >= 4 is 11.9 Å². The molecule has 2 aromatic heterocycles. The first-order valence-corrected chi connectivity index (χ1v) is 13.5. The Bertz CT molecular complexity index is 1530. The average molecular weight is 580 g/mol. The van der Waals surface area contributed by atoms with Crippen LogP contribution in [0.15, 0.2) is 57.7 Å². The molecule has 0 aliphatic rings. The number of nitrogens with zero attached hydrogens (tertiary/aromatic N) is 3. The zero-order valence-electron chi connectivity index (χ0n) is 24.1. The van der Waals surface area contributed by atoms with Crippen LogP contribution in [-0.4, -0.2) is 45.7 Å². The topological polar surface area (TPSA) is 156 Å². The van der Waals surface area contributed by atoms with Crippen LogP contribution >= 0.6 is 0 Å². The van der Waals surface area contributed by atoms with Crippen LogP contribution in [0, 0.1) is 5.82 Å². The molecule has 222 valence electrons. The number of amides is 1. The second-order valence-corrected chi connectivity index (χ2v) is 10.6. The van der Waals surface area contributed by atoms with E-state index in [4.69, 9.17) is 24.1 Å². The first kappa shape index (κ1) is 30.4. The number of esters is 1. The minimum atomic E-state index is -0.937. The molecule has 1 unspecified atom stereocenters. The van der Waals surface area contributed by atoms with Crippen LogP contribution in [0.2, 0.25) is 0 Å². The first-order valence-electron chi connectivity index (χ1n) is 13.5. The van der Waals surface area contributed by atoms with Crippen molar-refractivity contribution in [2.45, 2.75) is 58.6 Å². The van der Waals surface area contributed by atoms with Crippen molar-refractivity contribution in [3.05, 3.63) is 71.9 Å². The van der Waals surface area contributed by atoms with Gasteiger partial charge in [0.05, 0.1) is 17.6 Å². The summed E-state index contributed by atoms with van der Waals surface area (Å²) in [6.07, 6.45) is 1.48. The fourth-order valence-corrected chi connectivity index (χ4v) is 3.90. The largest absolute Gasteiger partial charge is 0.481 e. The molecule has 0 saturated carbocycles. The molecule has 3 N–H and O–H groups in total. The third-order valence-electron chi connectivity index (χ3n) is 6.22. The maximum Gasteiger partial charge on any atom is 0.319 e. The lowest BCUT2D eigenvalue weighted by Gasteiger charge is -2.25. The summed E-state index contributed by atoms with van der Waals surface area (Å²) in [6, 6.07) is 11.4. The van der Waals surface area contributed by atoms with E-state index in [1.807, 2.05) is 32.9 Å². The van der Waals surface area contributed by atoms with Crippen molar-refractivity contribution in [3.63, 3.8) is 0 Å². The van der Waals surface area contributed by atoms with Gasteiger partial charge in [-0.15, -0.1) is 0 Å². The van der Waals surface area contributed by atoms with Gasteiger partial charge in [0.25, 0.3) is 5.91 Å². The number of nitrogens with two attached hydrogens (primary N) is 1. The predicted molar refractivity (Wildman–Crippen MR) is 151 cm³/mol. The van der Waals surface area contributed by atoms with E-state index < -0.39 is 29.3 Å². The highest BCUT2D eigenvalue weighted by molar-refractivity contribution is 5.95. The quantitative estimate of drug-likeness (QED) is 0.214. The molecular formula is C30H34FN5O6. The van der Waals surface area contributed by atoms with E-state index in [-0.39, 0.29) is 24.6 Å². The monoisotopic (exact) mass is 579 g/mol. The molecule has 12 heteroatoms. The molecular weight excluding hydrogens is 545 g/mol. The van der Waals surface area contributed by atoms with Crippen molar-refractivity contribution in [2.24, 2.45) is 5.73 Å². The number of hydrogen-bond acceptors (Lipinski definition) is 10. The summed E-state index contributed by atoms with van der Waals surface area (Å²) >= 11 is 0. The van der Waals surface area contributed by atoms with E-state index in [9.17, 15) is 14.0 Å². The molecule has 0 aliphatic heterocycles. The molecule has 0 radical (unpaired) electrons. The Hall–Kier alpha value is -4.58. The van der Waals surface area contributed by atoms with Crippen LogP contribution in [0.5, 0.6) is 5.75 Å². The number of carbonyl (C=O) groups is 2. The maximum atomic E-state index is 15.0. The minimum absolute atomic E-state index is 0.112. The third kappa shape index (κ3) is 7.38. The van der Waals surface area contributed by atoms with Crippen molar-refractivity contribution in [3.8, 4) is 28.4 Å². The van der Waals surface area contributed by atoms with Crippen molar-refractivity contribution in [1.29, 1.82) is 0 Å². The number of halogens is 1. The Morgan fingerprint density at radius 3 is 2.40 bits per heavy atom. The molecule has 2 heterocycles. The molecule has 42 heavy (non-hydrogen) atoms. The zero-order valence-corrected chi connectivity index (χ0v) is 24.1. The SMILES string of the molecule is CCC(Oc1ccc(-c2noc(C(C)C)n2)cc1)c1nc(-c2ccc(C(=O)NC(C)(C)COC(=O)CN)c(F)c2)co1. The van der Waals surface area contributed by atoms with Gasteiger partial charge in [-0.05, 0) is 56.7 Å². The standard InChI is InChI=1S/C30H34FN5O6/c1-6-24(41-20-10-7-18(8-11-20)26-34-28(17(2)3)42-36-26)29-33-23(15-39-29)19-9-12-21(22(31)13-19)27(38)35-30(4,5)16-40-25(37)14-32/h7-13,15,17,24H,6,14,16,32H2,1-5H3,(H,35,38). The van der Waals surface area contributed by atoms with Crippen molar-refractivity contribution in [2.75, 3.05) is 13.2 Å². The van der Waals surface area contributed by atoms with Crippen LogP contribution in [0.25, 0.3) is 22.6 Å². The maximum absolute atomic E-state index is 15.0. The van der Waals surface area contributed by atoms with Crippen LogP contribution in [0.1, 0.15) is 75.2 Å². The summed E-state index contributed by atoms with van der Waals surface area (Å²) in [4.78, 5) is 32.9. The van der Waals surface area contributed by atoms with Gasteiger partial charge < -0.3 is 29.5 Å². The van der Waals surface area contributed by atoms with Gasteiger partial charge in [-0.3, -0.25) is 9.59 Å². The van der Waals surface area contributed by atoms with Gasteiger partial charge in [0.1, 0.15) is 30.1 Å². The lowest BCUT2D eigenvalue weighted by Crippen LogP contribution is -2.48. The van der Waals surface area contributed by atoms with E-state index in [2.05, 4.69) is 20.4 Å². The molecule has 4 aromatic rings. The van der Waals surface area contributed by atoms with E-state index in [0.717, 1.165) is 5.56 Å². The number of aromatic nitrogens is 3. The van der Waals surface area contributed by atoms with Crippen molar-refractivity contribution in [1.82, 2.24) is 20.4 Å². The van der Waals surface area contributed by atoms with Crippen molar-refractivity contribution < 1.29 is 32.4 Å². The summed E-state index contributed by atoms with van der Waals surface area (Å²) in [5, 5.41) is 6.69. The van der Waals surface area contributed by atoms with Gasteiger partial charge in [-0.1, -0.05) is 32.0 Å². The summed E-state index contributed by atoms with van der Waals surface area (Å²) in [6.45, 7) is 8.80. The summed E-state index contributed by atoms with van der Waals surface area (Å²) < 4.78 is 37.0. The molecule has 1 atom stereocenters. The predicted octanol–water partition coefficient (Wildman–Crippen LogP) is 5.19. The van der Waals surface area contributed by atoms with Crippen LogP contribution in [0.3, 0.4) is 0 Å². The number of hydrogen-bond donors (Lipinski definition) is 2. The average Bonchev–Trinajstić information content (AvgIpc) is 3.66. The highest BCUT2D eigenvalue weighted by atomic mass is 19.1. The molecule has 0 fully saturated rings. The van der Waals surface area contributed by atoms with Gasteiger partial charge in [-0.2, -0.15) is 4.98 Å². The molecule has 4 rings (SSSR count). The van der Waals surface area contributed by atoms with Gasteiger partial charge in [0, 0.05) is 17.0 Å². The first-order chi connectivity index (χ1) is 20.0. The smallest absolute Gasteiger partial charge is 0.319 e. The van der Waals surface area contributed by atoms with E-state index >= 15 is 0 Å². The van der Waals surface area contributed by atoms with E-state index in [0.29, 0.717) is 41.0 Å². The zero-order chi connectivity index (χ0) is 30.4. The normalized spacial score (nSPS) is 12.3. The number of benzene rings is 2. The van der Waals surface area contributed by atoms with Gasteiger partial charge in [0.2, 0.25) is 17.6 Å². The molecule has 0 aliphatic carbocycles. The number of rotatable bonds is 12. The number of oxazole rings is 1. The van der Waals surface area contributed by atoms with Gasteiger partial charge >= 0.3 is 5.97 Å². The molecule has 11 nitrogen and oxygen atoms in total. The molecule has 0 bridgehead atoms. The summed E-state index contributed by atoms with van der Waals surface area (Å²) in [5.41, 5.74) is 5.74. The van der Waals surface area contributed by atoms with E-state index in [1.54, 1.807) is 32.0 Å². The fraction of sp³-hybridized carbons (Fsp3) is 0.367. The Balaban J connectivity index is 1.42. The van der Waals surface area contributed by atoms with Gasteiger partial charge in [-0.25, -0.2) is 9.37 Å². The fourth-order valence-electron chi connectivity index (χ4n) is 3.90. The second-order valence-electron chi connectivity index (χ2n) is 10.6. The third-order valence-corrected chi connectivity index (χ3v) is 6.22. The summed E-state index contributed by atoms with van der Waals surface area (Å²) in [7, 11) is 0. The van der Waals surface area contributed by atoms with Crippen LogP contribution < -0.4 is 15.8 Å². The van der Waals surface area contributed by atoms with Gasteiger partial charge in [0.15, 0.2) is 6.10 Å². The van der Waals surface area contributed by atoms with Crippen LogP contribution in [0.4, 0.5) is 4.39 Å². The minimum Gasteiger partial charge on any atom is -0.481 e. The van der Waals surface area contributed by atoms with E-state index in [1.165, 1.54) is 18.4 Å². The lowest BCUT2D eigenvalue weighted by atomic mass is 10.0. The number of carbonyl (C=O) groups excluding carboxylic acids is 2. The lowest BCUT2D eigenvalue weighted by molar-refractivity contribution is -0.143. The Morgan fingerprint density at radius 2 is 1.79 bits per heavy atom. The number of nitrogens with one attached hydrogen (secondary N) is 1. The highest BCUT2D eigenvalue weighted by Gasteiger charge is 2.25. The molecule has 2 aromatic carbocycles. The highest BCUT2D eigenvalue weighted by Crippen LogP contribution is 2.29. The number of ether oxygens (including phenoxy) is 2. The Kier molecular flexibility index (Phi) is 9.36. The van der Waals surface area contributed by atoms with Crippen LogP contribution in [-0.2, 0) is 9.53 Å². The molecule has 0 saturated heterocycles. The Morgan fingerprint density at radius 1 is 1.07 bits per heavy atom.